The van der Waals surface area contributed by atoms with Crippen molar-refractivity contribution in [3.63, 3.8) is 0 Å². The fraction of sp³-hybridized carbons (Fsp3) is 0.238. The maximum absolute atomic E-state index is 12.7. The number of hydrogen-bond donors (Lipinski definition) is 1. The molecule has 2 heterocycles. The maximum atomic E-state index is 12.7. The van der Waals surface area contributed by atoms with E-state index < -0.39 is 0 Å². The molecule has 3 aromatic rings. The molecule has 0 bridgehead atoms. The summed E-state index contributed by atoms with van der Waals surface area (Å²) in [5.41, 5.74) is 4.83. The molecule has 0 aliphatic rings. The quantitative estimate of drug-likeness (QED) is 0.727. The van der Waals surface area contributed by atoms with Gasteiger partial charge in [-0.1, -0.05) is 12.1 Å². The van der Waals surface area contributed by atoms with Gasteiger partial charge in [-0.15, -0.1) is 0 Å². The molecule has 27 heavy (non-hydrogen) atoms. The third kappa shape index (κ3) is 4.67. The van der Waals surface area contributed by atoms with Gasteiger partial charge in [-0.2, -0.15) is 0 Å². The van der Waals surface area contributed by atoms with Crippen LogP contribution >= 0.6 is 0 Å². The van der Waals surface area contributed by atoms with Crippen LogP contribution in [0.25, 0.3) is 0 Å². The van der Waals surface area contributed by atoms with Crippen LogP contribution in [0.1, 0.15) is 27.2 Å². The third-order valence-electron chi connectivity index (χ3n) is 4.59. The highest BCUT2D eigenvalue weighted by Gasteiger charge is 2.14. The van der Waals surface area contributed by atoms with Gasteiger partial charge in [0.25, 0.3) is 5.91 Å². The number of nitrogens with zero attached hydrogens (tertiary/aromatic N) is 4. The molecule has 0 spiro atoms. The van der Waals surface area contributed by atoms with Crippen molar-refractivity contribution < 1.29 is 4.79 Å². The number of anilines is 2. The van der Waals surface area contributed by atoms with Crippen LogP contribution < -0.4 is 5.32 Å². The second kappa shape index (κ2) is 8.40. The normalized spacial score (nSPS) is 10.5. The van der Waals surface area contributed by atoms with Crippen LogP contribution in [0.2, 0.25) is 0 Å². The molecule has 3 rings (SSSR count). The summed E-state index contributed by atoms with van der Waals surface area (Å²) in [5, 5.41) is 3.28. The van der Waals surface area contributed by atoms with Crippen LogP contribution in [-0.2, 0) is 6.42 Å². The highest BCUT2D eigenvalue weighted by molar-refractivity contribution is 5.92. The van der Waals surface area contributed by atoms with Crippen LogP contribution in [0.3, 0.4) is 0 Å². The van der Waals surface area contributed by atoms with E-state index in [4.69, 9.17) is 0 Å². The Morgan fingerprint density at radius 1 is 1.11 bits per heavy atom. The second-order valence-corrected chi connectivity index (χ2v) is 6.49. The lowest BCUT2D eigenvalue weighted by atomic mass is 10.1. The van der Waals surface area contributed by atoms with Crippen LogP contribution in [0.5, 0.6) is 0 Å². The summed E-state index contributed by atoms with van der Waals surface area (Å²) in [6.07, 6.45) is 5.69. The zero-order valence-corrected chi connectivity index (χ0v) is 15.8. The third-order valence-corrected chi connectivity index (χ3v) is 4.59. The smallest absolute Gasteiger partial charge is 0.272 e. The Labute approximate surface area is 159 Å². The highest BCUT2D eigenvalue weighted by Crippen LogP contribution is 2.21. The molecule has 0 unspecified atom stereocenters. The fourth-order valence-corrected chi connectivity index (χ4v) is 2.71. The van der Waals surface area contributed by atoms with Crippen molar-refractivity contribution in [2.24, 2.45) is 0 Å². The van der Waals surface area contributed by atoms with Crippen LogP contribution in [-0.4, -0.2) is 39.4 Å². The van der Waals surface area contributed by atoms with E-state index in [9.17, 15) is 4.79 Å². The van der Waals surface area contributed by atoms with Gasteiger partial charge in [0, 0.05) is 37.7 Å². The standard InChI is InChI=1S/C21H23N5O/c1-15-5-4-6-18(16(15)2)25-20-13-19(23-14-24-20)21(27)26(3)12-9-17-7-10-22-11-8-17/h4-8,10-11,13-14H,9,12H2,1-3H3,(H,23,24,25). The Balaban J connectivity index is 1.68. The molecule has 6 nitrogen and oxygen atoms in total. The molecule has 0 aliphatic heterocycles. The molecular weight excluding hydrogens is 338 g/mol. The minimum atomic E-state index is -0.129. The van der Waals surface area contributed by atoms with E-state index in [2.05, 4.69) is 40.2 Å². The zero-order chi connectivity index (χ0) is 19.2. The Hall–Kier alpha value is -3.28. The van der Waals surface area contributed by atoms with Crippen molar-refractivity contribution in [1.29, 1.82) is 0 Å². The first kappa shape index (κ1) is 18.5. The van der Waals surface area contributed by atoms with Gasteiger partial charge >= 0.3 is 0 Å². The van der Waals surface area contributed by atoms with Crippen molar-refractivity contribution >= 4 is 17.4 Å². The summed E-state index contributed by atoms with van der Waals surface area (Å²) in [5.74, 6) is 0.472. The summed E-state index contributed by atoms with van der Waals surface area (Å²) in [4.78, 5) is 26.8. The van der Waals surface area contributed by atoms with Crippen molar-refractivity contribution in [2.75, 3.05) is 18.9 Å². The predicted molar refractivity (Wildman–Crippen MR) is 106 cm³/mol. The van der Waals surface area contributed by atoms with Gasteiger partial charge < -0.3 is 10.2 Å². The molecule has 0 atom stereocenters. The van der Waals surface area contributed by atoms with E-state index >= 15 is 0 Å². The van der Waals surface area contributed by atoms with Gasteiger partial charge in [-0.3, -0.25) is 9.78 Å². The molecule has 6 heteroatoms. The molecule has 1 amide bonds. The maximum Gasteiger partial charge on any atom is 0.272 e. The first-order chi connectivity index (χ1) is 13.0. The van der Waals surface area contributed by atoms with Crippen LogP contribution in [0.15, 0.2) is 55.1 Å². The Morgan fingerprint density at radius 2 is 1.89 bits per heavy atom. The molecule has 0 saturated carbocycles. The molecule has 1 aromatic carbocycles. The average molecular weight is 361 g/mol. The van der Waals surface area contributed by atoms with Gasteiger partial charge in [0.05, 0.1) is 0 Å². The molecule has 0 saturated heterocycles. The number of pyridine rings is 1. The van der Waals surface area contributed by atoms with Gasteiger partial charge in [-0.05, 0) is 55.2 Å². The molecule has 0 fully saturated rings. The van der Waals surface area contributed by atoms with E-state index in [1.165, 1.54) is 11.9 Å². The minimum absolute atomic E-state index is 0.129. The van der Waals surface area contributed by atoms with E-state index in [1.54, 1.807) is 30.4 Å². The molecular formula is C21H23N5O. The number of aryl methyl sites for hydroxylation is 1. The van der Waals surface area contributed by atoms with Gasteiger partial charge in [0.2, 0.25) is 0 Å². The number of carbonyl (C=O) groups is 1. The highest BCUT2D eigenvalue weighted by atomic mass is 16.2. The Bertz CT molecular complexity index is 927. The lowest BCUT2D eigenvalue weighted by Gasteiger charge is -2.17. The number of likely N-dealkylation sites (N-methyl/N-ethyl adjacent to an activating group) is 1. The van der Waals surface area contributed by atoms with E-state index in [1.807, 2.05) is 24.3 Å². The van der Waals surface area contributed by atoms with Crippen LogP contribution in [0.4, 0.5) is 11.5 Å². The molecule has 0 radical (unpaired) electrons. The second-order valence-electron chi connectivity index (χ2n) is 6.49. The summed E-state index contributed by atoms with van der Waals surface area (Å²) in [6.45, 7) is 4.72. The van der Waals surface area contributed by atoms with E-state index in [-0.39, 0.29) is 5.91 Å². The SMILES string of the molecule is Cc1cccc(Nc2cc(C(=O)N(C)CCc3ccncc3)ncn2)c1C. The number of nitrogens with one attached hydrogen (secondary N) is 1. The van der Waals surface area contributed by atoms with E-state index in [0.29, 0.717) is 18.1 Å². The van der Waals surface area contributed by atoms with Crippen molar-refractivity contribution in [1.82, 2.24) is 19.9 Å². The Kier molecular flexibility index (Phi) is 5.76. The average Bonchev–Trinajstić information content (AvgIpc) is 2.70. The van der Waals surface area contributed by atoms with E-state index in [0.717, 1.165) is 23.2 Å². The number of aromatic nitrogens is 3. The summed E-state index contributed by atoms with van der Waals surface area (Å²) in [7, 11) is 1.78. The largest absolute Gasteiger partial charge is 0.340 e. The molecule has 138 valence electrons. The number of rotatable bonds is 6. The summed E-state index contributed by atoms with van der Waals surface area (Å²) in [6, 6.07) is 11.6. The number of amides is 1. The van der Waals surface area contributed by atoms with Gasteiger partial charge in [0.1, 0.15) is 17.8 Å². The van der Waals surface area contributed by atoms with Crippen molar-refractivity contribution in [2.45, 2.75) is 20.3 Å². The first-order valence-electron chi connectivity index (χ1n) is 8.84. The first-order valence-corrected chi connectivity index (χ1v) is 8.84. The number of benzene rings is 1. The minimum Gasteiger partial charge on any atom is -0.340 e. The number of hydrogen-bond acceptors (Lipinski definition) is 5. The van der Waals surface area contributed by atoms with Crippen LogP contribution in [0, 0.1) is 13.8 Å². The number of carbonyl (C=O) groups excluding carboxylic acids is 1. The monoisotopic (exact) mass is 361 g/mol. The zero-order valence-electron chi connectivity index (χ0n) is 15.8. The van der Waals surface area contributed by atoms with Gasteiger partial charge in [-0.25, -0.2) is 9.97 Å². The summed E-state index contributed by atoms with van der Waals surface area (Å²) < 4.78 is 0. The molecule has 1 N–H and O–H groups in total. The van der Waals surface area contributed by atoms with Crippen molar-refractivity contribution in [3.05, 3.63) is 77.5 Å². The van der Waals surface area contributed by atoms with Gasteiger partial charge in [0.15, 0.2) is 0 Å². The fourth-order valence-electron chi connectivity index (χ4n) is 2.71. The predicted octanol–water partition coefficient (Wildman–Crippen LogP) is 3.55. The molecule has 0 aliphatic carbocycles. The lowest BCUT2D eigenvalue weighted by molar-refractivity contribution is 0.0790. The lowest BCUT2D eigenvalue weighted by Crippen LogP contribution is -2.29. The summed E-state index contributed by atoms with van der Waals surface area (Å²) >= 11 is 0. The Morgan fingerprint density at radius 3 is 2.67 bits per heavy atom. The topological polar surface area (TPSA) is 71.0 Å². The molecule has 2 aromatic heterocycles. The van der Waals surface area contributed by atoms with Crippen molar-refractivity contribution in [3.8, 4) is 0 Å².